The molecule has 0 atom stereocenters. The van der Waals surface area contributed by atoms with E-state index in [-0.39, 0.29) is 11.5 Å². The number of Topliss-reactive ketones (excluding diaryl/α,β-unsaturated/α-hetero) is 1. The minimum Gasteiger partial charge on any atom is -0.494 e. The number of ether oxygens (including phenoxy) is 1. The van der Waals surface area contributed by atoms with Crippen LogP contribution in [0, 0.1) is 6.92 Å². The molecule has 0 spiro atoms. The maximum absolute atomic E-state index is 12.3. The lowest BCUT2D eigenvalue weighted by molar-refractivity contribution is 0.102. The van der Waals surface area contributed by atoms with E-state index in [0.29, 0.717) is 23.2 Å². The van der Waals surface area contributed by atoms with Crippen LogP contribution in [0.5, 0.6) is 5.75 Å². The second-order valence-corrected chi connectivity index (χ2v) is 6.40. The Bertz CT molecular complexity index is 897. The van der Waals surface area contributed by atoms with Gasteiger partial charge < -0.3 is 9.15 Å². The Hall–Kier alpha value is -2.80. The number of aromatic amines is 1. The molecule has 0 saturated carbocycles. The SMILES string of the molecule is CCOc1ccc(C(=O)CSc2n[nH]c(/C=C/c3ccc(C)o3)n2)cc1. The minimum atomic E-state index is 0.0194. The van der Waals surface area contributed by atoms with E-state index in [4.69, 9.17) is 9.15 Å². The number of hydrogen-bond donors (Lipinski definition) is 1. The van der Waals surface area contributed by atoms with Crippen LogP contribution in [0.3, 0.4) is 0 Å². The Labute approximate surface area is 155 Å². The number of aromatic nitrogens is 3. The molecule has 3 rings (SSSR count). The first-order valence-electron chi connectivity index (χ1n) is 8.20. The summed E-state index contributed by atoms with van der Waals surface area (Å²) in [4.78, 5) is 16.6. The van der Waals surface area contributed by atoms with Crippen molar-refractivity contribution in [1.29, 1.82) is 0 Å². The lowest BCUT2D eigenvalue weighted by Gasteiger charge is -2.03. The summed E-state index contributed by atoms with van der Waals surface area (Å²) < 4.78 is 10.8. The smallest absolute Gasteiger partial charge is 0.209 e. The van der Waals surface area contributed by atoms with Gasteiger partial charge in [0.1, 0.15) is 23.1 Å². The summed E-state index contributed by atoms with van der Waals surface area (Å²) in [6.45, 7) is 4.41. The van der Waals surface area contributed by atoms with Crippen LogP contribution in [0.2, 0.25) is 0 Å². The molecule has 0 amide bonds. The van der Waals surface area contributed by atoms with Crippen molar-refractivity contribution in [2.24, 2.45) is 0 Å². The first-order valence-corrected chi connectivity index (χ1v) is 9.18. The van der Waals surface area contributed by atoms with Gasteiger partial charge in [0.2, 0.25) is 5.16 Å². The van der Waals surface area contributed by atoms with Crippen LogP contribution in [0.15, 0.2) is 46.0 Å². The molecule has 7 heteroatoms. The van der Waals surface area contributed by atoms with Crippen LogP contribution >= 0.6 is 11.8 Å². The number of benzene rings is 1. The third-order valence-electron chi connectivity index (χ3n) is 3.47. The molecular formula is C19H19N3O3S. The lowest BCUT2D eigenvalue weighted by Crippen LogP contribution is -2.02. The van der Waals surface area contributed by atoms with Crippen molar-refractivity contribution in [3.8, 4) is 5.75 Å². The summed E-state index contributed by atoms with van der Waals surface area (Å²) in [5.41, 5.74) is 0.643. The fraction of sp³-hybridized carbons (Fsp3) is 0.211. The van der Waals surface area contributed by atoms with E-state index in [1.807, 2.05) is 32.1 Å². The standard InChI is InChI=1S/C19H19N3O3S/c1-3-24-15-8-5-14(6-9-15)17(23)12-26-19-20-18(21-22-19)11-10-16-7-4-13(2)25-16/h4-11H,3,12H2,1-2H3,(H,20,21,22)/b11-10+. The monoisotopic (exact) mass is 369 g/mol. The van der Waals surface area contributed by atoms with Crippen molar-refractivity contribution in [2.75, 3.05) is 12.4 Å². The van der Waals surface area contributed by atoms with Crippen molar-refractivity contribution < 1.29 is 13.9 Å². The highest BCUT2D eigenvalue weighted by molar-refractivity contribution is 7.99. The molecule has 0 radical (unpaired) electrons. The first-order chi connectivity index (χ1) is 12.6. The summed E-state index contributed by atoms with van der Waals surface area (Å²) in [5, 5.41) is 7.47. The van der Waals surface area contributed by atoms with Gasteiger partial charge in [-0.15, -0.1) is 5.10 Å². The number of furan rings is 1. The average Bonchev–Trinajstić information content (AvgIpc) is 3.27. The Morgan fingerprint density at radius 2 is 2.04 bits per heavy atom. The molecule has 1 N–H and O–H groups in total. The minimum absolute atomic E-state index is 0.0194. The largest absolute Gasteiger partial charge is 0.494 e. The van der Waals surface area contributed by atoms with Crippen molar-refractivity contribution >= 4 is 29.7 Å². The average molecular weight is 369 g/mol. The second kappa shape index (κ2) is 8.53. The Balaban J connectivity index is 1.54. The number of hydrogen-bond acceptors (Lipinski definition) is 6. The number of nitrogens with zero attached hydrogens (tertiary/aromatic N) is 2. The predicted molar refractivity (Wildman–Crippen MR) is 101 cm³/mol. The number of ketones is 1. The van der Waals surface area contributed by atoms with Gasteiger partial charge in [-0.25, -0.2) is 4.98 Å². The number of thioether (sulfide) groups is 1. The number of rotatable bonds is 8. The predicted octanol–water partition coefficient (Wildman–Crippen LogP) is 4.25. The number of nitrogens with one attached hydrogen (secondary N) is 1. The van der Waals surface area contributed by atoms with Crippen LogP contribution < -0.4 is 4.74 Å². The van der Waals surface area contributed by atoms with E-state index in [1.165, 1.54) is 11.8 Å². The highest BCUT2D eigenvalue weighted by Crippen LogP contribution is 2.18. The molecule has 3 aromatic rings. The zero-order valence-corrected chi connectivity index (χ0v) is 15.4. The van der Waals surface area contributed by atoms with Gasteiger partial charge in [0.05, 0.1) is 12.4 Å². The summed E-state index contributed by atoms with van der Waals surface area (Å²) in [6.07, 6.45) is 3.59. The molecule has 6 nitrogen and oxygen atoms in total. The Morgan fingerprint density at radius 3 is 2.73 bits per heavy atom. The van der Waals surface area contributed by atoms with Crippen LogP contribution in [-0.2, 0) is 0 Å². The molecule has 1 aromatic carbocycles. The normalized spacial score (nSPS) is 11.2. The molecule has 0 unspecified atom stereocenters. The molecular weight excluding hydrogens is 350 g/mol. The lowest BCUT2D eigenvalue weighted by atomic mass is 10.1. The van der Waals surface area contributed by atoms with Crippen molar-refractivity contribution in [1.82, 2.24) is 15.2 Å². The van der Waals surface area contributed by atoms with E-state index in [0.717, 1.165) is 17.3 Å². The third kappa shape index (κ3) is 4.86. The first kappa shape index (κ1) is 18.0. The molecule has 0 saturated heterocycles. The highest BCUT2D eigenvalue weighted by Gasteiger charge is 2.09. The molecule has 2 aromatic heterocycles. The van der Waals surface area contributed by atoms with E-state index in [1.54, 1.807) is 30.3 Å². The van der Waals surface area contributed by atoms with Gasteiger partial charge in [-0.2, -0.15) is 0 Å². The summed E-state index contributed by atoms with van der Waals surface area (Å²) in [5.74, 6) is 3.26. The van der Waals surface area contributed by atoms with E-state index < -0.39 is 0 Å². The fourth-order valence-corrected chi connectivity index (χ4v) is 2.92. The van der Waals surface area contributed by atoms with Crippen LogP contribution in [0.1, 0.15) is 34.6 Å². The van der Waals surface area contributed by atoms with Crippen molar-refractivity contribution in [3.63, 3.8) is 0 Å². The van der Waals surface area contributed by atoms with Gasteiger partial charge in [0.15, 0.2) is 5.78 Å². The van der Waals surface area contributed by atoms with Crippen LogP contribution in [0.4, 0.5) is 0 Å². The molecule has 0 aliphatic rings. The third-order valence-corrected chi connectivity index (χ3v) is 4.32. The number of carbonyl (C=O) groups excluding carboxylic acids is 1. The van der Waals surface area contributed by atoms with Crippen molar-refractivity contribution in [2.45, 2.75) is 19.0 Å². The topological polar surface area (TPSA) is 81.0 Å². The number of H-pyrrole nitrogens is 1. The Morgan fingerprint density at radius 1 is 1.23 bits per heavy atom. The fourth-order valence-electron chi connectivity index (χ4n) is 2.22. The zero-order valence-electron chi connectivity index (χ0n) is 14.6. The molecule has 0 aliphatic heterocycles. The van der Waals surface area contributed by atoms with E-state index in [2.05, 4.69) is 15.2 Å². The quantitative estimate of drug-likeness (QED) is 0.472. The molecule has 2 heterocycles. The van der Waals surface area contributed by atoms with Crippen LogP contribution in [0.25, 0.3) is 12.2 Å². The molecule has 0 bridgehead atoms. The van der Waals surface area contributed by atoms with Gasteiger partial charge in [-0.3, -0.25) is 9.89 Å². The van der Waals surface area contributed by atoms with Gasteiger partial charge in [0.25, 0.3) is 0 Å². The summed E-state index contributed by atoms with van der Waals surface area (Å²) in [6, 6.07) is 10.9. The van der Waals surface area contributed by atoms with Gasteiger partial charge in [0, 0.05) is 5.56 Å². The van der Waals surface area contributed by atoms with E-state index in [9.17, 15) is 4.79 Å². The molecule has 134 valence electrons. The maximum atomic E-state index is 12.3. The number of carbonyl (C=O) groups is 1. The Kier molecular flexibility index (Phi) is 5.91. The maximum Gasteiger partial charge on any atom is 0.209 e. The molecule has 0 fully saturated rings. The number of aryl methyl sites for hydroxylation is 1. The van der Waals surface area contributed by atoms with Crippen molar-refractivity contribution in [3.05, 3.63) is 59.3 Å². The molecule has 26 heavy (non-hydrogen) atoms. The van der Waals surface area contributed by atoms with Gasteiger partial charge >= 0.3 is 0 Å². The van der Waals surface area contributed by atoms with Gasteiger partial charge in [-0.1, -0.05) is 11.8 Å². The van der Waals surface area contributed by atoms with Gasteiger partial charge in [-0.05, 0) is 62.4 Å². The zero-order chi connectivity index (χ0) is 18.4. The second-order valence-electron chi connectivity index (χ2n) is 5.45. The summed E-state index contributed by atoms with van der Waals surface area (Å²) in [7, 11) is 0. The molecule has 0 aliphatic carbocycles. The summed E-state index contributed by atoms with van der Waals surface area (Å²) >= 11 is 1.29. The van der Waals surface area contributed by atoms with E-state index >= 15 is 0 Å². The van der Waals surface area contributed by atoms with Crippen LogP contribution in [-0.4, -0.2) is 33.3 Å². The highest BCUT2D eigenvalue weighted by atomic mass is 32.2.